The van der Waals surface area contributed by atoms with E-state index >= 15 is 0 Å². The number of hydrogen-bond donors (Lipinski definition) is 2. The summed E-state index contributed by atoms with van der Waals surface area (Å²) in [6.45, 7) is 7.55. The van der Waals surface area contributed by atoms with Crippen molar-refractivity contribution < 1.29 is 10.2 Å². The Hall–Kier alpha value is -0.0800. The van der Waals surface area contributed by atoms with Crippen LogP contribution in [0.3, 0.4) is 0 Å². The van der Waals surface area contributed by atoms with Gasteiger partial charge in [0.05, 0.1) is 12.2 Å². The third kappa shape index (κ3) is 1.80. The molecule has 0 heterocycles. The van der Waals surface area contributed by atoms with Gasteiger partial charge in [0, 0.05) is 0 Å². The minimum Gasteiger partial charge on any atom is -0.393 e. The molecule has 0 aromatic carbocycles. The fourth-order valence-corrected chi connectivity index (χ4v) is 8.13. The average Bonchev–Trinajstić information content (AvgIpc) is 2.65. The Kier molecular flexibility index (Phi) is 3.16. The second-order valence-corrected chi connectivity index (χ2v) is 10.3. The monoisotopic (exact) mass is 306 g/mol. The summed E-state index contributed by atoms with van der Waals surface area (Å²) in [6, 6.07) is 0. The van der Waals surface area contributed by atoms with Crippen molar-refractivity contribution in [3.05, 3.63) is 0 Å². The van der Waals surface area contributed by atoms with Gasteiger partial charge in [-0.3, -0.25) is 0 Å². The topological polar surface area (TPSA) is 40.5 Å². The van der Waals surface area contributed by atoms with Crippen LogP contribution in [0.25, 0.3) is 0 Å². The Morgan fingerprint density at radius 3 is 2.45 bits per heavy atom. The first-order chi connectivity index (χ1) is 10.3. The van der Waals surface area contributed by atoms with Crippen LogP contribution in [0.2, 0.25) is 0 Å². The summed E-state index contributed by atoms with van der Waals surface area (Å²) in [5, 5.41) is 20.7. The quantitative estimate of drug-likeness (QED) is 0.764. The molecule has 4 fully saturated rings. The van der Waals surface area contributed by atoms with Crippen molar-refractivity contribution in [2.45, 2.75) is 84.2 Å². The second-order valence-electron chi connectivity index (χ2n) is 10.3. The van der Waals surface area contributed by atoms with Crippen LogP contribution in [0, 0.1) is 34.0 Å². The van der Waals surface area contributed by atoms with Crippen LogP contribution in [0.4, 0.5) is 0 Å². The van der Waals surface area contributed by atoms with Crippen molar-refractivity contribution in [2.75, 3.05) is 6.61 Å². The lowest BCUT2D eigenvalue weighted by Gasteiger charge is -2.64. The molecule has 126 valence electrons. The van der Waals surface area contributed by atoms with Gasteiger partial charge in [-0.1, -0.05) is 27.2 Å². The van der Waals surface area contributed by atoms with Crippen LogP contribution in [-0.4, -0.2) is 22.4 Å². The molecule has 0 radical (unpaired) electrons. The molecular weight excluding hydrogens is 272 g/mol. The zero-order chi connectivity index (χ0) is 15.8. The van der Waals surface area contributed by atoms with Gasteiger partial charge in [0.2, 0.25) is 0 Å². The minimum atomic E-state index is -0.776. The van der Waals surface area contributed by atoms with Gasteiger partial charge >= 0.3 is 0 Å². The van der Waals surface area contributed by atoms with Crippen molar-refractivity contribution in [3.63, 3.8) is 0 Å². The van der Waals surface area contributed by atoms with E-state index in [4.69, 9.17) is 0 Å². The normalized spacial score (nSPS) is 56.3. The smallest absolute Gasteiger partial charge is 0.0910 e. The van der Waals surface area contributed by atoms with Crippen LogP contribution >= 0.6 is 0 Å². The Labute approximate surface area is 135 Å². The lowest BCUT2D eigenvalue weighted by Crippen LogP contribution is -2.55. The van der Waals surface area contributed by atoms with Gasteiger partial charge in [-0.15, -0.1) is 0 Å². The summed E-state index contributed by atoms with van der Waals surface area (Å²) in [6.07, 6.45) is 11.2. The highest BCUT2D eigenvalue weighted by atomic mass is 16.3. The van der Waals surface area contributed by atoms with E-state index < -0.39 is 5.60 Å². The molecule has 4 aliphatic carbocycles. The number of aliphatic hydroxyl groups is 2. The average molecular weight is 306 g/mol. The molecule has 0 aliphatic heterocycles. The molecule has 2 heteroatoms. The van der Waals surface area contributed by atoms with E-state index in [0.717, 1.165) is 24.7 Å². The molecule has 6 atom stereocenters. The highest BCUT2D eigenvalue weighted by Crippen LogP contribution is 2.72. The van der Waals surface area contributed by atoms with E-state index in [1.807, 2.05) is 0 Å². The molecule has 4 aliphatic rings. The van der Waals surface area contributed by atoms with Gasteiger partial charge in [0.1, 0.15) is 0 Å². The van der Waals surface area contributed by atoms with E-state index in [9.17, 15) is 10.2 Å². The third-order valence-corrected chi connectivity index (χ3v) is 8.89. The molecule has 1 spiro atoms. The van der Waals surface area contributed by atoms with E-state index in [1.165, 1.54) is 44.9 Å². The minimum absolute atomic E-state index is 0.0300. The number of rotatable bonds is 1. The van der Waals surface area contributed by atoms with E-state index in [-0.39, 0.29) is 6.61 Å². The van der Waals surface area contributed by atoms with Crippen LogP contribution in [-0.2, 0) is 0 Å². The number of hydrogen-bond acceptors (Lipinski definition) is 2. The molecule has 4 saturated carbocycles. The maximum Gasteiger partial charge on any atom is 0.0910 e. The number of aliphatic hydroxyl groups excluding tert-OH is 1. The molecule has 2 nitrogen and oxygen atoms in total. The molecular formula is C20H34O2. The molecule has 0 aromatic heterocycles. The first-order valence-electron chi connectivity index (χ1n) is 9.59. The van der Waals surface area contributed by atoms with Gasteiger partial charge in [0.15, 0.2) is 0 Å². The maximum absolute atomic E-state index is 10.9. The third-order valence-electron chi connectivity index (χ3n) is 8.89. The highest BCUT2D eigenvalue weighted by Gasteiger charge is 2.66. The van der Waals surface area contributed by atoms with Gasteiger partial charge in [-0.05, 0) is 85.4 Å². The van der Waals surface area contributed by atoms with Crippen molar-refractivity contribution in [1.29, 1.82) is 0 Å². The molecule has 4 rings (SSSR count). The largest absolute Gasteiger partial charge is 0.393 e. The first-order valence-corrected chi connectivity index (χ1v) is 9.59. The van der Waals surface area contributed by atoms with Crippen molar-refractivity contribution >= 4 is 0 Å². The molecule has 2 bridgehead atoms. The van der Waals surface area contributed by atoms with E-state index in [2.05, 4.69) is 20.8 Å². The second kappa shape index (κ2) is 4.51. The molecule has 0 amide bonds. The summed E-state index contributed by atoms with van der Waals surface area (Å²) in [4.78, 5) is 0. The fraction of sp³-hybridized carbons (Fsp3) is 1.00. The van der Waals surface area contributed by atoms with E-state index in [0.29, 0.717) is 22.2 Å². The summed E-state index contributed by atoms with van der Waals surface area (Å²) < 4.78 is 0. The summed E-state index contributed by atoms with van der Waals surface area (Å²) in [5.41, 5.74) is 0.504. The predicted molar refractivity (Wildman–Crippen MR) is 88.4 cm³/mol. The lowest BCUT2D eigenvalue weighted by molar-refractivity contribution is -0.145. The molecule has 0 saturated heterocycles. The van der Waals surface area contributed by atoms with Crippen LogP contribution < -0.4 is 0 Å². The first kappa shape index (κ1) is 15.4. The Balaban J connectivity index is 1.72. The van der Waals surface area contributed by atoms with Gasteiger partial charge in [-0.25, -0.2) is 0 Å². The molecule has 2 N–H and O–H groups in total. The van der Waals surface area contributed by atoms with Crippen LogP contribution in [0.5, 0.6) is 0 Å². The summed E-state index contributed by atoms with van der Waals surface area (Å²) >= 11 is 0. The Morgan fingerprint density at radius 2 is 1.73 bits per heavy atom. The van der Waals surface area contributed by atoms with Crippen LogP contribution in [0.15, 0.2) is 0 Å². The molecule has 22 heavy (non-hydrogen) atoms. The van der Waals surface area contributed by atoms with Gasteiger partial charge < -0.3 is 10.2 Å². The van der Waals surface area contributed by atoms with Gasteiger partial charge in [0.25, 0.3) is 0 Å². The maximum atomic E-state index is 10.9. The zero-order valence-corrected chi connectivity index (χ0v) is 14.7. The van der Waals surface area contributed by atoms with E-state index in [1.54, 1.807) is 0 Å². The zero-order valence-electron chi connectivity index (χ0n) is 14.7. The molecule has 0 aromatic rings. The SMILES string of the molecule is CC1(C)CCC[C@@]2(C)C3CC[C@H]4CC3(CC[C@H]12)C[C@]4(O)CO. The summed E-state index contributed by atoms with van der Waals surface area (Å²) in [5.74, 6) is 1.98. The standard InChI is InChI=1S/C20H34O2/c1-17(2)8-4-9-18(3)15(17)7-10-19-11-14(5-6-16(18)19)20(22,12-19)13-21/h14-16,21-22H,4-13H2,1-3H3/t14-,15+,16?,18+,19?,20-/m0/s1. The Bertz CT molecular complexity index is 472. The van der Waals surface area contributed by atoms with Crippen molar-refractivity contribution in [3.8, 4) is 0 Å². The highest BCUT2D eigenvalue weighted by molar-refractivity contribution is 5.16. The van der Waals surface area contributed by atoms with Crippen LogP contribution in [0.1, 0.15) is 78.6 Å². The van der Waals surface area contributed by atoms with Gasteiger partial charge in [-0.2, -0.15) is 0 Å². The number of fused-ring (bicyclic) bond motifs is 3. The van der Waals surface area contributed by atoms with Crippen molar-refractivity contribution in [1.82, 2.24) is 0 Å². The van der Waals surface area contributed by atoms with Crippen molar-refractivity contribution in [2.24, 2.45) is 34.0 Å². The summed E-state index contributed by atoms with van der Waals surface area (Å²) in [7, 11) is 0. The Morgan fingerprint density at radius 1 is 0.955 bits per heavy atom. The lowest BCUT2D eigenvalue weighted by atomic mass is 9.41. The fourth-order valence-electron chi connectivity index (χ4n) is 8.13. The molecule has 2 unspecified atom stereocenters. The predicted octanol–water partition coefficient (Wildman–Crippen LogP) is 4.14.